The summed E-state index contributed by atoms with van der Waals surface area (Å²) in [5, 5.41) is 0. The molecule has 0 spiro atoms. The summed E-state index contributed by atoms with van der Waals surface area (Å²) in [7, 11) is -4.17. The van der Waals surface area contributed by atoms with Gasteiger partial charge in [-0.05, 0) is 20.0 Å². The lowest BCUT2D eigenvalue weighted by Crippen LogP contribution is -1.87. The highest BCUT2D eigenvalue weighted by molar-refractivity contribution is 7.46. The van der Waals surface area contributed by atoms with Crippen molar-refractivity contribution < 1.29 is 18.9 Å². The minimum atomic E-state index is -4.17. The first-order valence-corrected chi connectivity index (χ1v) is 5.52. The van der Waals surface area contributed by atoms with Gasteiger partial charge in [-0.1, -0.05) is 13.8 Å². The molecule has 0 aromatic rings. The molecule has 6 N–H and O–H groups in total. The van der Waals surface area contributed by atoms with Gasteiger partial charge in [0.1, 0.15) is 0 Å². The second kappa shape index (κ2) is 14.5. The molecule has 84 valence electrons. The number of hydrogen-bond acceptors (Lipinski definition) is 4. The maximum Gasteiger partial charge on any atom is 0.469 e. The molecule has 0 aliphatic heterocycles. The predicted molar refractivity (Wildman–Crippen MR) is 53.1 cm³/mol. The third kappa shape index (κ3) is 74.5. The normalized spacial score (nSPS) is 9.15. The van der Waals surface area contributed by atoms with Crippen molar-refractivity contribution in [2.45, 2.75) is 20.8 Å². The molecular formula is C6H21N2O4P. The van der Waals surface area contributed by atoms with Gasteiger partial charge in [0.15, 0.2) is 0 Å². The van der Waals surface area contributed by atoms with Crippen LogP contribution in [0.4, 0.5) is 0 Å². The van der Waals surface area contributed by atoms with Gasteiger partial charge in [-0.25, -0.2) is 4.57 Å². The van der Waals surface area contributed by atoms with Crippen molar-refractivity contribution in [1.82, 2.24) is 0 Å². The fourth-order valence-corrected chi connectivity index (χ4v) is 0.505. The lowest BCUT2D eigenvalue weighted by atomic mass is 10.8. The smallest absolute Gasteiger partial charge is 0.331 e. The molecule has 13 heavy (non-hydrogen) atoms. The van der Waals surface area contributed by atoms with Gasteiger partial charge < -0.3 is 21.3 Å². The highest BCUT2D eigenvalue weighted by Crippen LogP contribution is 2.34. The second-order valence-corrected chi connectivity index (χ2v) is 2.96. The van der Waals surface area contributed by atoms with Crippen LogP contribution in [0.5, 0.6) is 0 Å². The fraction of sp³-hybridized carbons (Fsp3) is 1.00. The minimum absolute atomic E-state index is 0.0459. The molecule has 0 aromatic heterocycles. The Morgan fingerprint density at radius 1 is 1.15 bits per heavy atom. The Hall–Kier alpha value is 0.0300. The quantitative estimate of drug-likeness (QED) is 0.484. The van der Waals surface area contributed by atoms with E-state index in [0.717, 1.165) is 13.1 Å². The van der Waals surface area contributed by atoms with Gasteiger partial charge in [0, 0.05) is 0 Å². The van der Waals surface area contributed by atoms with E-state index in [2.05, 4.69) is 4.52 Å². The summed E-state index contributed by atoms with van der Waals surface area (Å²) >= 11 is 0. The summed E-state index contributed by atoms with van der Waals surface area (Å²) in [5.41, 5.74) is 9.69. The van der Waals surface area contributed by atoms with E-state index in [-0.39, 0.29) is 6.61 Å². The zero-order valence-electron chi connectivity index (χ0n) is 8.43. The van der Waals surface area contributed by atoms with Gasteiger partial charge in [0.2, 0.25) is 0 Å². The Balaban J connectivity index is -0.000000140. The zero-order valence-corrected chi connectivity index (χ0v) is 9.33. The molecule has 0 aliphatic carbocycles. The van der Waals surface area contributed by atoms with Gasteiger partial charge in [-0.3, -0.25) is 4.52 Å². The molecule has 0 atom stereocenters. The topological polar surface area (TPSA) is 119 Å². The molecule has 7 heteroatoms. The Morgan fingerprint density at radius 2 is 1.38 bits per heavy atom. The second-order valence-electron chi connectivity index (χ2n) is 1.72. The zero-order chi connectivity index (χ0) is 11.3. The number of phosphoric ester groups is 1. The average molecular weight is 216 g/mol. The van der Waals surface area contributed by atoms with Crippen molar-refractivity contribution in [2.75, 3.05) is 19.7 Å². The van der Waals surface area contributed by atoms with Crippen LogP contribution in [-0.4, -0.2) is 29.5 Å². The van der Waals surface area contributed by atoms with E-state index < -0.39 is 7.82 Å². The third-order valence-corrected chi connectivity index (χ3v) is 0.892. The number of hydrogen-bond donors (Lipinski definition) is 4. The van der Waals surface area contributed by atoms with E-state index in [9.17, 15) is 4.57 Å². The van der Waals surface area contributed by atoms with Crippen LogP contribution in [0.25, 0.3) is 0 Å². The Morgan fingerprint density at radius 3 is 1.38 bits per heavy atom. The SMILES string of the molecule is CCN.CCN.CCOP(=O)(O)O. The molecule has 0 unspecified atom stereocenters. The van der Waals surface area contributed by atoms with Crippen LogP contribution in [-0.2, 0) is 9.09 Å². The fourth-order valence-electron chi connectivity index (χ4n) is 0.168. The predicted octanol–water partition coefficient (Wildman–Crippen LogP) is 0.0456. The van der Waals surface area contributed by atoms with E-state index >= 15 is 0 Å². The van der Waals surface area contributed by atoms with Crippen molar-refractivity contribution in [3.8, 4) is 0 Å². The van der Waals surface area contributed by atoms with Crippen molar-refractivity contribution >= 4 is 7.82 Å². The molecule has 0 bridgehead atoms. The molecule has 0 amide bonds. The Bertz CT molecular complexity index is 115. The Labute approximate surface area is 79.5 Å². The number of phosphoric acid groups is 1. The van der Waals surface area contributed by atoms with Crippen LogP contribution in [0.3, 0.4) is 0 Å². The standard InChI is InChI=1S/2C2H7N.C2H7O4P/c2*1-2-3;1-2-6-7(3,4)5/h2*2-3H2,1H3;2H2,1H3,(H2,3,4,5). The van der Waals surface area contributed by atoms with Gasteiger partial charge in [0.05, 0.1) is 6.61 Å². The molecule has 0 saturated heterocycles. The summed E-state index contributed by atoms with van der Waals surface area (Å²) in [6.45, 7) is 6.86. The van der Waals surface area contributed by atoms with Gasteiger partial charge in [-0.15, -0.1) is 0 Å². The summed E-state index contributed by atoms with van der Waals surface area (Å²) in [6, 6.07) is 0. The maximum atomic E-state index is 9.70. The van der Waals surface area contributed by atoms with Gasteiger partial charge in [-0.2, -0.15) is 0 Å². The van der Waals surface area contributed by atoms with Crippen LogP contribution >= 0.6 is 7.82 Å². The largest absolute Gasteiger partial charge is 0.469 e. The van der Waals surface area contributed by atoms with Crippen LogP contribution in [0.1, 0.15) is 20.8 Å². The summed E-state index contributed by atoms with van der Waals surface area (Å²) in [6.07, 6.45) is 0. The maximum absolute atomic E-state index is 9.70. The van der Waals surface area contributed by atoms with Crippen LogP contribution in [0.2, 0.25) is 0 Å². The molecule has 0 radical (unpaired) electrons. The van der Waals surface area contributed by atoms with E-state index in [4.69, 9.17) is 21.3 Å². The van der Waals surface area contributed by atoms with E-state index in [1.807, 2.05) is 13.8 Å². The first-order valence-electron chi connectivity index (χ1n) is 3.99. The molecule has 0 fully saturated rings. The number of nitrogens with two attached hydrogens (primary N) is 2. The minimum Gasteiger partial charge on any atom is -0.331 e. The molecular weight excluding hydrogens is 195 g/mol. The third-order valence-electron chi connectivity index (χ3n) is 0.297. The molecule has 0 saturated carbocycles. The summed E-state index contributed by atoms with van der Waals surface area (Å²) in [5.74, 6) is 0. The molecule has 0 aromatic carbocycles. The van der Waals surface area contributed by atoms with Crippen molar-refractivity contribution in [3.63, 3.8) is 0 Å². The van der Waals surface area contributed by atoms with Crippen molar-refractivity contribution in [2.24, 2.45) is 11.5 Å². The van der Waals surface area contributed by atoms with Gasteiger partial charge >= 0.3 is 7.82 Å². The van der Waals surface area contributed by atoms with E-state index in [1.54, 1.807) is 0 Å². The molecule has 0 rings (SSSR count). The highest BCUT2D eigenvalue weighted by atomic mass is 31.2. The van der Waals surface area contributed by atoms with Crippen LogP contribution < -0.4 is 11.5 Å². The summed E-state index contributed by atoms with van der Waals surface area (Å²) in [4.78, 5) is 15.8. The molecule has 0 heterocycles. The number of rotatable bonds is 2. The first kappa shape index (κ1) is 18.7. The van der Waals surface area contributed by atoms with Crippen molar-refractivity contribution in [3.05, 3.63) is 0 Å². The first-order chi connectivity index (χ1) is 5.89. The van der Waals surface area contributed by atoms with Gasteiger partial charge in [0.25, 0.3) is 0 Å². The van der Waals surface area contributed by atoms with Crippen molar-refractivity contribution in [1.29, 1.82) is 0 Å². The van der Waals surface area contributed by atoms with Crippen LogP contribution in [0, 0.1) is 0 Å². The lowest BCUT2D eigenvalue weighted by molar-refractivity contribution is 0.206. The summed E-state index contributed by atoms with van der Waals surface area (Å²) < 4.78 is 13.6. The highest BCUT2D eigenvalue weighted by Gasteiger charge is 2.10. The monoisotopic (exact) mass is 216 g/mol. The van der Waals surface area contributed by atoms with E-state index in [1.165, 1.54) is 6.92 Å². The molecule has 0 aliphatic rings. The van der Waals surface area contributed by atoms with E-state index in [0.29, 0.717) is 0 Å². The average Bonchev–Trinajstić information content (AvgIpc) is 1.87. The Kier molecular flexibility index (Phi) is 21.0. The molecule has 6 nitrogen and oxygen atoms in total. The van der Waals surface area contributed by atoms with Crippen LogP contribution in [0.15, 0.2) is 0 Å². The lowest BCUT2D eigenvalue weighted by Gasteiger charge is -1.98.